The largest absolute Gasteiger partial charge is 0.353 e. The minimum absolute atomic E-state index is 0.0337. The molecule has 2 aliphatic rings. The number of nitriles is 2. The van der Waals surface area contributed by atoms with Crippen LogP contribution in [0.2, 0.25) is 0 Å². The number of rotatable bonds is 0. The van der Waals surface area contributed by atoms with Crippen LogP contribution in [0.15, 0.2) is 0 Å². The monoisotopic (exact) mass is 219 g/mol. The van der Waals surface area contributed by atoms with Crippen LogP contribution in [0.25, 0.3) is 0 Å². The Morgan fingerprint density at radius 3 is 2.62 bits per heavy atom. The minimum atomic E-state index is -1.21. The quantitative estimate of drug-likeness (QED) is 0.603. The highest BCUT2D eigenvalue weighted by Crippen LogP contribution is 2.43. The van der Waals surface area contributed by atoms with Crippen molar-refractivity contribution in [1.29, 1.82) is 10.5 Å². The summed E-state index contributed by atoms with van der Waals surface area (Å²) >= 11 is 0. The zero-order valence-corrected chi connectivity index (χ0v) is 9.36. The van der Waals surface area contributed by atoms with E-state index in [-0.39, 0.29) is 18.7 Å². The van der Waals surface area contributed by atoms with Gasteiger partial charge in [-0.15, -0.1) is 0 Å². The van der Waals surface area contributed by atoms with E-state index in [1.54, 1.807) is 4.90 Å². The standard InChI is InChI=1S/C11H13N3O2/c1-10(2)7-16-9-11(5-12,6-13)4-3-8(15)14(9)10/h9H,3-4,7H2,1-2H3. The second kappa shape index (κ2) is 3.20. The van der Waals surface area contributed by atoms with Crippen molar-refractivity contribution in [2.24, 2.45) is 5.41 Å². The zero-order chi connectivity index (χ0) is 12.0. The summed E-state index contributed by atoms with van der Waals surface area (Å²) in [6.07, 6.45) is -0.209. The van der Waals surface area contributed by atoms with Crippen molar-refractivity contribution in [1.82, 2.24) is 4.90 Å². The van der Waals surface area contributed by atoms with E-state index in [2.05, 4.69) is 0 Å². The van der Waals surface area contributed by atoms with E-state index in [0.717, 1.165) is 0 Å². The van der Waals surface area contributed by atoms with Crippen molar-refractivity contribution in [3.63, 3.8) is 0 Å². The van der Waals surface area contributed by atoms with Crippen molar-refractivity contribution >= 4 is 5.91 Å². The fourth-order valence-corrected chi connectivity index (χ4v) is 2.37. The average Bonchev–Trinajstić information content (AvgIpc) is 2.58. The Hall–Kier alpha value is -1.59. The predicted molar refractivity (Wildman–Crippen MR) is 53.6 cm³/mol. The Morgan fingerprint density at radius 2 is 2.06 bits per heavy atom. The molecule has 0 bridgehead atoms. The zero-order valence-electron chi connectivity index (χ0n) is 9.36. The molecule has 2 aliphatic heterocycles. The van der Waals surface area contributed by atoms with Gasteiger partial charge in [-0.2, -0.15) is 10.5 Å². The summed E-state index contributed by atoms with van der Waals surface area (Å²) in [4.78, 5) is 13.4. The van der Waals surface area contributed by atoms with Crippen molar-refractivity contribution in [2.75, 3.05) is 6.61 Å². The lowest BCUT2D eigenvalue weighted by Crippen LogP contribution is -2.56. The van der Waals surface area contributed by atoms with Gasteiger partial charge in [0.15, 0.2) is 11.6 Å². The first-order valence-corrected chi connectivity index (χ1v) is 5.23. The van der Waals surface area contributed by atoms with E-state index in [0.29, 0.717) is 6.61 Å². The molecule has 0 N–H and O–H groups in total. The molecular weight excluding hydrogens is 206 g/mol. The predicted octanol–water partition coefficient (Wildman–Crippen LogP) is 0.777. The first-order chi connectivity index (χ1) is 7.47. The maximum Gasteiger partial charge on any atom is 0.225 e. The van der Waals surface area contributed by atoms with Crippen LogP contribution in [0.3, 0.4) is 0 Å². The van der Waals surface area contributed by atoms with Gasteiger partial charge in [-0.3, -0.25) is 4.79 Å². The number of nitrogens with zero attached hydrogens (tertiary/aromatic N) is 3. The molecule has 0 aromatic carbocycles. The third-order valence-corrected chi connectivity index (χ3v) is 3.30. The molecule has 1 unspecified atom stereocenters. The van der Waals surface area contributed by atoms with Gasteiger partial charge in [0.1, 0.15) is 0 Å². The molecule has 84 valence electrons. The van der Waals surface area contributed by atoms with E-state index >= 15 is 0 Å². The molecule has 16 heavy (non-hydrogen) atoms. The van der Waals surface area contributed by atoms with Gasteiger partial charge in [0.25, 0.3) is 0 Å². The molecule has 0 aromatic rings. The van der Waals surface area contributed by atoms with E-state index < -0.39 is 17.2 Å². The first-order valence-electron chi connectivity index (χ1n) is 5.23. The van der Waals surface area contributed by atoms with Gasteiger partial charge in [-0.25, -0.2) is 0 Å². The van der Waals surface area contributed by atoms with E-state index in [1.165, 1.54) is 0 Å². The number of carbonyl (C=O) groups is 1. The molecule has 0 saturated carbocycles. The van der Waals surface area contributed by atoms with Crippen LogP contribution in [0.1, 0.15) is 26.7 Å². The number of hydrogen-bond donors (Lipinski definition) is 0. The second-order valence-electron chi connectivity index (χ2n) is 4.93. The SMILES string of the molecule is CC1(C)COC2N1C(=O)CCC2(C#N)C#N. The molecule has 2 fully saturated rings. The lowest BCUT2D eigenvalue weighted by atomic mass is 9.79. The Kier molecular flexibility index (Phi) is 2.18. The number of carbonyl (C=O) groups excluding carboxylic acids is 1. The highest BCUT2D eigenvalue weighted by atomic mass is 16.5. The lowest BCUT2D eigenvalue weighted by Gasteiger charge is -2.41. The molecule has 0 spiro atoms. The van der Waals surface area contributed by atoms with Crippen molar-refractivity contribution in [3.05, 3.63) is 0 Å². The van der Waals surface area contributed by atoms with Crippen LogP contribution in [0, 0.1) is 28.1 Å². The number of ether oxygens (including phenoxy) is 1. The minimum Gasteiger partial charge on any atom is -0.353 e. The second-order valence-corrected chi connectivity index (χ2v) is 4.93. The van der Waals surface area contributed by atoms with Crippen LogP contribution < -0.4 is 0 Å². The molecule has 2 heterocycles. The molecule has 1 atom stereocenters. The topological polar surface area (TPSA) is 77.1 Å². The molecule has 5 heteroatoms. The van der Waals surface area contributed by atoms with Crippen LogP contribution >= 0.6 is 0 Å². The van der Waals surface area contributed by atoms with Gasteiger partial charge >= 0.3 is 0 Å². The Balaban J connectivity index is 2.44. The first kappa shape index (κ1) is 10.9. The van der Waals surface area contributed by atoms with Crippen LogP contribution in [-0.4, -0.2) is 29.2 Å². The highest BCUT2D eigenvalue weighted by Gasteiger charge is 2.57. The summed E-state index contributed by atoms with van der Waals surface area (Å²) in [5.74, 6) is -0.0337. The summed E-state index contributed by atoms with van der Waals surface area (Å²) in [5.41, 5.74) is -1.64. The number of fused-ring (bicyclic) bond motifs is 1. The number of amides is 1. The summed E-state index contributed by atoms with van der Waals surface area (Å²) in [5, 5.41) is 18.3. The fourth-order valence-electron chi connectivity index (χ4n) is 2.37. The number of hydrogen-bond acceptors (Lipinski definition) is 4. The Labute approximate surface area is 94.2 Å². The average molecular weight is 219 g/mol. The fraction of sp³-hybridized carbons (Fsp3) is 0.727. The van der Waals surface area contributed by atoms with Gasteiger partial charge in [0.2, 0.25) is 5.91 Å². The van der Waals surface area contributed by atoms with E-state index in [9.17, 15) is 4.79 Å². The van der Waals surface area contributed by atoms with E-state index in [1.807, 2.05) is 26.0 Å². The van der Waals surface area contributed by atoms with Crippen LogP contribution in [0.5, 0.6) is 0 Å². The van der Waals surface area contributed by atoms with Crippen molar-refractivity contribution in [2.45, 2.75) is 38.5 Å². The maximum atomic E-state index is 11.8. The molecule has 0 aromatic heterocycles. The molecule has 0 radical (unpaired) electrons. The van der Waals surface area contributed by atoms with Crippen LogP contribution in [0.4, 0.5) is 0 Å². The maximum absolute atomic E-state index is 11.8. The third-order valence-electron chi connectivity index (χ3n) is 3.30. The summed E-state index contributed by atoms with van der Waals surface area (Å²) in [7, 11) is 0. The third kappa shape index (κ3) is 1.22. The summed E-state index contributed by atoms with van der Waals surface area (Å²) in [6, 6.07) is 4.03. The summed E-state index contributed by atoms with van der Waals surface area (Å²) < 4.78 is 5.50. The number of piperidine rings is 1. The summed E-state index contributed by atoms with van der Waals surface area (Å²) in [6.45, 7) is 4.14. The van der Waals surface area contributed by atoms with Gasteiger partial charge in [-0.05, 0) is 20.3 Å². The molecule has 1 amide bonds. The molecule has 2 rings (SSSR count). The lowest BCUT2D eigenvalue weighted by molar-refractivity contribution is -0.151. The highest BCUT2D eigenvalue weighted by molar-refractivity contribution is 5.79. The van der Waals surface area contributed by atoms with Crippen LogP contribution in [-0.2, 0) is 9.53 Å². The molecular formula is C11H13N3O2. The smallest absolute Gasteiger partial charge is 0.225 e. The molecule has 2 saturated heterocycles. The van der Waals surface area contributed by atoms with Crippen molar-refractivity contribution < 1.29 is 9.53 Å². The van der Waals surface area contributed by atoms with Gasteiger partial charge in [-0.1, -0.05) is 0 Å². The molecule has 5 nitrogen and oxygen atoms in total. The van der Waals surface area contributed by atoms with E-state index in [4.69, 9.17) is 15.3 Å². The van der Waals surface area contributed by atoms with Gasteiger partial charge in [0.05, 0.1) is 24.3 Å². The van der Waals surface area contributed by atoms with Gasteiger partial charge < -0.3 is 9.64 Å². The Bertz CT molecular complexity index is 402. The Morgan fingerprint density at radius 1 is 1.44 bits per heavy atom. The van der Waals surface area contributed by atoms with Gasteiger partial charge in [0, 0.05) is 6.42 Å². The molecule has 0 aliphatic carbocycles. The van der Waals surface area contributed by atoms with Crippen molar-refractivity contribution in [3.8, 4) is 12.1 Å². The normalized spacial score (nSPS) is 30.4.